The highest BCUT2D eigenvalue weighted by Gasteiger charge is 2.29. The molecule has 0 bridgehead atoms. The smallest absolute Gasteiger partial charge is 0.318 e. The van der Waals surface area contributed by atoms with Crippen LogP contribution in [0, 0.1) is 0 Å². The van der Waals surface area contributed by atoms with Crippen molar-refractivity contribution in [3.63, 3.8) is 0 Å². The summed E-state index contributed by atoms with van der Waals surface area (Å²) in [5.41, 5.74) is 7.02. The first-order chi connectivity index (χ1) is 12.6. The molecule has 0 spiro atoms. The van der Waals surface area contributed by atoms with Gasteiger partial charge in [-0.1, -0.05) is 18.2 Å². The predicted molar refractivity (Wildman–Crippen MR) is 96.3 cm³/mol. The maximum Gasteiger partial charge on any atom is 0.318 e. The second-order valence-corrected chi connectivity index (χ2v) is 6.20. The quantitative estimate of drug-likeness (QED) is 0.829. The minimum atomic E-state index is -0.529. The van der Waals surface area contributed by atoms with Crippen molar-refractivity contribution < 1.29 is 14.3 Å². The average molecular weight is 354 g/mol. The summed E-state index contributed by atoms with van der Waals surface area (Å²) in [6.07, 6.45) is 5.46. The van der Waals surface area contributed by atoms with Gasteiger partial charge in [0, 0.05) is 25.5 Å². The number of nitrogens with zero attached hydrogens (tertiary/aromatic N) is 2. The molecule has 3 amide bonds. The van der Waals surface area contributed by atoms with Crippen molar-refractivity contribution in [3.8, 4) is 5.75 Å². The molecule has 0 aliphatic carbocycles. The zero-order valence-corrected chi connectivity index (χ0v) is 14.4. The van der Waals surface area contributed by atoms with Crippen LogP contribution >= 0.6 is 0 Å². The summed E-state index contributed by atoms with van der Waals surface area (Å²) in [6, 6.07) is 11.1. The number of likely N-dealkylation sites (tertiary alicyclic amines) is 1. The molecule has 1 atom stereocenters. The fraction of sp³-hybridized carbons (Fsp3) is 0.316. The van der Waals surface area contributed by atoms with Gasteiger partial charge in [0.15, 0.2) is 6.61 Å². The van der Waals surface area contributed by atoms with Crippen LogP contribution in [0.15, 0.2) is 48.8 Å². The number of carbonyl (C=O) groups is 2. The van der Waals surface area contributed by atoms with E-state index in [0.29, 0.717) is 12.3 Å². The maximum absolute atomic E-state index is 12.6. The van der Waals surface area contributed by atoms with Gasteiger partial charge in [-0.3, -0.25) is 9.78 Å². The number of nitrogens with one attached hydrogen (secondary N) is 1. The second kappa shape index (κ2) is 8.33. The standard InChI is InChI=1S/C19H22N4O3/c20-18(24)13-26-16-6-1-4-14(10-16)11-22-19(25)23-9-3-7-17(23)15-5-2-8-21-12-15/h1-2,4-6,8,10,12,17H,3,7,9,11,13H2,(H2,20,24)(H,22,25). The molecular weight excluding hydrogens is 332 g/mol. The largest absolute Gasteiger partial charge is 0.484 e. The maximum atomic E-state index is 12.6. The van der Waals surface area contributed by atoms with E-state index in [2.05, 4.69) is 10.3 Å². The third-order valence-corrected chi connectivity index (χ3v) is 4.31. The third-order valence-electron chi connectivity index (χ3n) is 4.31. The monoisotopic (exact) mass is 354 g/mol. The Labute approximate surface area is 152 Å². The Kier molecular flexibility index (Phi) is 5.68. The van der Waals surface area contributed by atoms with Gasteiger partial charge in [-0.2, -0.15) is 0 Å². The van der Waals surface area contributed by atoms with Crippen LogP contribution in [0.1, 0.15) is 30.0 Å². The van der Waals surface area contributed by atoms with E-state index in [4.69, 9.17) is 10.5 Å². The molecule has 1 fully saturated rings. The number of hydrogen-bond acceptors (Lipinski definition) is 4. The minimum Gasteiger partial charge on any atom is -0.484 e. The first kappa shape index (κ1) is 17.7. The molecule has 1 saturated heterocycles. The normalized spacial score (nSPS) is 16.3. The Balaban J connectivity index is 1.58. The lowest BCUT2D eigenvalue weighted by Crippen LogP contribution is -2.39. The molecule has 3 rings (SSSR count). The fourth-order valence-corrected chi connectivity index (χ4v) is 3.11. The van der Waals surface area contributed by atoms with Crippen molar-refractivity contribution in [2.45, 2.75) is 25.4 Å². The molecule has 0 radical (unpaired) electrons. The summed E-state index contributed by atoms with van der Waals surface area (Å²) in [5.74, 6) is 0.0177. The van der Waals surface area contributed by atoms with E-state index >= 15 is 0 Å². The van der Waals surface area contributed by atoms with Gasteiger partial charge in [-0.15, -0.1) is 0 Å². The number of nitrogens with two attached hydrogens (primary N) is 1. The number of hydrogen-bond donors (Lipinski definition) is 2. The van der Waals surface area contributed by atoms with Crippen LogP contribution in [-0.2, 0) is 11.3 Å². The van der Waals surface area contributed by atoms with Gasteiger partial charge in [-0.25, -0.2) is 4.79 Å². The van der Waals surface area contributed by atoms with E-state index in [1.54, 1.807) is 18.3 Å². The number of amides is 3. The van der Waals surface area contributed by atoms with E-state index in [1.165, 1.54) is 0 Å². The predicted octanol–water partition coefficient (Wildman–Crippen LogP) is 1.99. The Bertz CT molecular complexity index is 766. The van der Waals surface area contributed by atoms with Crippen molar-refractivity contribution in [1.82, 2.24) is 15.2 Å². The van der Waals surface area contributed by atoms with E-state index in [9.17, 15) is 9.59 Å². The lowest BCUT2D eigenvalue weighted by atomic mass is 10.1. The molecule has 1 aliphatic rings. The van der Waals surface area contributed by atoms with Crippen molar-refractivity contribution in [2.24, 2.45) is 5.73 Å². The number of pyridine rings is 1. The van der Waals surface area contributed by atoms with Gasteiger partial charge in [0.05, 0.1) is 6.04 Å². The number of urea groups is 1. The molecule has 3 N–H and O–H groups in total. The van der Waals surface area contributed by atoms with Crippen LogP contribution in [0.5, 0.6) is 5.75 Å². The zero-order chi connectivity index (χ0) is 18.4. The number of ether oxygens (including phenoxy) is 1. The average Bonchev–Trinajstić information content (AvgIpc) is 3.15. The van der Waals surface area contributed by atoms with E-state index in [-0.39, 0.29) is 18.7 Å². The Morgan fingerprint density at radius 1 is 1.31 bits per heavy atom. The van der Waals surface area contributed by atoms with Crippen molar-refractivity contribution >= 4 is 11.9 Å². The molecule has 7 heteroatoms. The summed E-state index contributed by atoms with van der Waals surface area (Å²) >= 11 is 0. The first-order valence-corrected chi connectivity index (χ1v) is 8.58. The van der Waals surface area contributed by atoms with Gasteiger partial charge in [0.25, 0.3) is 5.91 Å². The van der Waals surface area contributed by atoms with Crippen LogP contribution in [0.3, 0.4) is 0 Å². The Morgan fingerprint density at radius 3 is 2.96 bits per heavy atom. The van der Waals surface area contributed by atoms with Crippen LogP contribution in [0.25, 0.3) is 0 Å². The van der Waals surface area contributed by atoms with Crippen LogP contribution in [-0.4, -0.2) is 35.0 Å². The van der Waals surface area contributed by atoms with E-state index < -0.39 is 5.91 Å². The summed E-state index contributed by atoms with van der Waals surface area (Å²) in [6.45, 7) is 0.937. The molecule has 0 saturated carbocycles. The van der Waals surface area contributed by atoms with Gasteiger partial charge >= 0.3 is 6.03 Å². The highest BCUT2D eigenvalue weighted by molar-refractivity contribution is 5.75. The molecule has 2 heterocycles. The lowest BCUT2D eigenvalue weighted by molar-refractivity contribution is -0.119. The molecule has 1 unspecified atom stereocenters. The second-order valence-electron chi connectivity index (χ2n) is 6.20. The van der Waals surface area contributed by atoms with Gasteiger partial charge < -0.3 is 20.7 Å². The first-order valence-electron chi connectivity index (χ1n) is 8.58. The number of primary amides is 1. The number of carbonyl (C=O) groups excluding carboxylic acids is 2. The van der Waals surface area contributed by atoms with E-state index in [0.717, 1.165) is 30.5 Å². The fourth-order valence-electron chi connectivity index (χ4n) is 3.11. The molecule has 1 aromatic heterocycles. The summed E-state index contributed by atoms with van der Waals surface area (Å²) in [7, 11) is 0. The van der Waals surface area contributed by atoms with Crippen LogP contribution < -0.4 is 15.8 Å². The van der Waals surface area contributed by atoms with Crippen molar-refractivity contribution in [3.05, 3.63) is 59.9 Å². The van der Waals surface area contributed by atoms with Gasteiger partial charge in [0.2, 0.25) is 0 Å². The molecule has 2 aromatic rings. The van der Waals surface area contributed by atoms with Crippen molar-refractivity contribution in [2.75, 3.05) is 13.2 Å². The van der Waals surface area contributed by atoms with Crippen LogP contribution in [0.2, 0.25) is 0 Å². The molecule has 1 aliphatic heterocycles. The molecule has 7 nitrogen and oxygen atoms in total. The topological polar surface area (TPSA) is 97.6 Å². The summed E-state index contributed by atoms with van der Waals surface area (Å²) in [5, 5.41) is 2.95. The molecular formula is C19H22N4O3. The van der Waals surface area contributed by atoms with Crippen LogP contribution in [0.4, 0.5) is 4.79 Å². The molecule has 26 heavy (non-hydrogen) atoms. The Morgan fingerprint density at radius 2 is 2.19 bits per heavy atom. The van der Waals surface area contributed by atoms with E-state index in [1.807, 2.05) is 35.4 Å². The summed E-state index contributed by atoms with van der Waals surface area (Å²) in [4.78, 5) is 29.4. The highest BCUT2D eigenvalue weighted by atomic mass is 16.5. The number of benzene rings is 1. The number of rotatable bonds is 6. The lowest BCUT2D eigenvalue weighted by Gasteiger charge is -2.25. The van der Waals surface area contributed by atoms with Gasteiger partial charge in [0.1, 0.15) is 5.75 Å². The van der Waals surface area contributed by atoms with Crippen molar-refractivity contribution in [1.29, 1.82) is 0 Å². The SMILES string of the molecule is NC(=O)COc1cccc(CNC(=O)N2CCCC2c2cccnc2)c1. The zero-order valence-electron chi connectivity index (χ0n) is 14.4. The molecule has 1 aromatic carbocycles. The summed E-state index contributed by atoms with van der Waals surface area (Å²) < 4.78 is 5.28. The number of aromatic nitrogens is 1. The highest BCUT2D eigenvalue weighted by Crippen LogP contribution is 2.31. The minimum absolute atomic E-state index is 0.0638. The van der Waals surface area contributed by atoms with Gasteiger partial charge in [-0.05, 0) is 42.2 Å². The third kappa shape index (κ3) is 4.50. The Hall–Kier alpha value is -3.09. The molecule has 136 valence electrons.